The van der Waals surface area contributed by atoms with Crippen LogP contribution in [0.2, 0.25) is 5.02 Å². The average molecular weight is 730 g/mol. The first-order chi connectivity index (χ1) is 24.1. The number of nitrogens with zero attached hydrogens (tertiary/aromatic N) is 5. The van der Waals surface area contributed by atoms with Crippen LogP contribution < -0.4 is 15.5 Å². The topological polar surface area (TPSA) is 131 Å². The average Bonchev–Trinajstić information content (AvgIpc) is 3.11. The summed E-state index contributed by atoms with van der Waals surface area (Å²) < 4.78 is 67.0. The molecule has 4 aromatic rings. The number of hydrogen-bond acceptors (Lipinski definition) is 9. The van der Waals surface area contributed by atoms with Gasteiger partial charge in [0.2, 0.25) is 5.95 Å². The van der Waals surface area contributed by atoms with Gasteiger partial charge in [0, 0.05) is 48.8 Å². The Balaban J connectivity index is 0.000000362. The molecule has 0 saturated carbocycles. The molecular formula is C34H26ClF6N7O3. The van der Waals surface area contributed by atoms with E-state index in [4.69, 9.17) is 16.9 Å². The normalized spacial score (nSPS) is 14.2. The molecule has 2 N–H and O–H groups in total. The Morgan fingerprint density at radius 3 is 2.08 bits per heavy atom. The molecule has 6 rings (SSSR count). The Morgan fingerprint density at radius 1 is 0.804 bits per heavy atom. The van der Waals surface area contributed by atoms with Gasteiger partial charge < -0.3 is 20.4 Å². The van der Waals surface area contributed by atoms with E-state index in [0.29, 0.717) is 41.0 Å². The van der Waals surface area contributed by atoms with Crippen LogP contribution in [-0.4, -0.2) is 70.9 Å². The number of Topliss-reactive ketones (excluding diaryl/α,β-unsaturated/α-hetero) is 2. The third-order valence-electron chi connectivity index (χ3n) is 7.84. The number of fused-ring (bicyclic) bond motifs is 6. The van der Waals surface area contributed by atoms with Crippen molar-refractivity contribution in [2.45, 2.75) is 25.2 Å². The molecule has 1 saturated heterocycles. The number of halogens is 7. The van der Waals surface area contributed by atoms with Gasteiger partial charge in [0.1, 0.15) is 5.02 Å². The van der Waals surface area contributed by atoms with Crippen molar-refractivity contribution in [3.63, 3.8) is 0 Å². The number of nitriles is 1. The number of rotatable bonds is 3. The summed E-state index contributed by atoms with van der Waals surface area (Å²) in [5.41, 5.74) is 6.60. The molecule has 51 heavy (non-hydrogen) atoms. The van der Waals surface area contributed by atoms with Crippen LogP contribution in [0, 0.1) is 11.3 Å². The Bertz CT molecular complexity index is 1970. The number of nitrogens with one attached hydrogen (secondary N) is 2. The second-order valence-corrected chi connectivity index (χ2v) is 11.7. The van der Waals surface area contributed by atoms with Gasteiger partial charge in [-0.3, -0.25) is 14.4 Å². The highest BCUT2D eigenvalue weighted by Crippen LogP contribution is 2.32. The molecule has 1 fully saturated rings. The number of carbonyl (C=O) groups is 3. The van der Waals surface area contributed by atoms with Gasteiger partial charge in [-0.1, -0.05) is 23.7 Å². The second kappa shape index (κ2) is 15.1. The van der Waals surface area contributed by atoms with Crippen LogP contribution in [0.15, 0.2) is 72.9 Å². The lowest BCUT2D eigenvalue weighted by Crippen LogP contribution is -2.49. The van der Waals surface area contributed by atoms with Crippen molar-refractivity contribution in [3.05, 3.63) is 100 Å². The second-order valence-electron chi connectivity index (χ2n) is 11.3. The molecule has 6 bridgehead atoms. The number of anilines is 5. The first-order valence-electron chi connectivity index (χ1n) is 15.2. The highest BCUT2D eigenvalue weighted by molar-refractivity contribution is 6.41. The minimum Gasteiger partial charge on any atom is -0.368 e. The Kier molecular flexibility index (Phi) is 10.8. The molecule has 10 nitrogen and oxygen atoms in total. The number of aromatic nitrogens is 2. The number of aryl methyl sites for hydroxylation is 2. The summed E-state index contributed by atoms with van der Waals surface area (Å²) in [6.45, 7) is 2.74. The van der Waals surface area contributed by atoms with Crippen molar-refractivity contribution >= 4 is 57.9 Å². The van der Waals surface area contributed by atoms with Crippen LogP contribution in [0.5, 0.6) is 0 Å². The number of piperazine rings is 1. The lowest BCUT2D eigenvalue weighted by Gasteiger charge is -2.37. The van der Waals surface area contributed by atoms with Crippen LogP contribution in [0.3, 0.4) is 0 Å². The largest absolute Gasteiger partial charge is 0.458 e. The van der Waals surface area contributed by atoms with E-state index in [9.17, 15) is 40.7 Å². The standard InChI is InChI=1S/C30H26ClN7O.C4F6O2/c31-26-19-33-30-35-24-3-1-2-20(16-24)4-9-23-17-25(34-28(26)36-30)10-11-27(23)37-12-14-38(15-13-37)29(39)22-7-5-21(18-32)6-8-22;5-3(6,7)1(11)2(12)4(8,9)10/h1-3,5-8,10-11,16-17,19H,4,9,12-15H2,(H2,33,34,35,36);. The van der Waals surface area contributed by atoms with Crippen molar-refractivity contribution in [1.82, 2.24) is 14.9 Å². The minimum atomic E-state index is -5.77. The molecule has 0 unspecified atom stereocenters. The smallest absolute Gasteiger partial charge is 0.368 e. The van der Waals surface area contributed by atoms with Gasteiger partial charge in [0.05, 0.1) is 17.8 Å². The molecular weight excluding hydrogens is 704 g/mol. The van der Waals surface area contributed by atoms with Gasteiger partial charge in [-0.15, -0.1) is 0 Å². The van der Waals surface area contributed by atoms with Crippen molar-refractivity contribution in [3.8, 4) is 6.07 Å². The fourth-order valence-corrected chi connectivity index (χ4v) is 5.45. The predicted octanol–water partition coefficient (Wildman–Crippen LogP) is 6.80. The van der Waals surface area contributed by atoms with Crippen LogP contribution in [0.1, 0.15) is 27.0 Å². The molecule has 1 aromatic heterocycles. The van der Waals surface area contributed by atoms with E-state index in [0.717, 1.165) is 37.3 Å². The fourth-order valence-electron chi connectivity index (χ4n) is 5.31. The van der Waals surface area contributed by atoms with Crippen molar-refractivity contribution < 1.29 is 40.7 Å². The van der Waals surface area contributed by atoms with E-state index in [-0.39, 0.29) is 5.91 Å². The van der Waals surface area contributed by atoms with E-state index in [1.54, 1.807) is 30.5 Å². The molecule has 0 spiro atoms. The summed E-state index contributed by atoms with van der Waals surface area (Å²) in [5.74, 6) is -5.80. The van der Waals surface area contributed by atoms with Gasteiger partial charge in [-0.2, -0.15) is 36.6 Å². The molecule has 3 aromatic carbocycles. The number of carbonyl (C=O) groups excluding carboxylic acids is 3. The minimum absolute atomic E-state index is 0.000905. The van der Waals surface area contributed by atoms with Gasteiger partial charge in [0.25, 0.3) is 5.91 Å². The van der Waals surface area contributed by atoms with Gasteiger partial charge >= 0.3 is 23.9 Å². The summed E-state index contributed by atoms with van der Waals surface area (Å²) in [6, 6.07) is 23.6. The SMILES string of the molecule is N#Cc1ccc(C(=O)N2CCN(c3ccc4cc3CCc3cccc(c3)Nc3ncc(Cl)c(n3)N4)CC2)cc1.O=C(C(=O)C(F)(F)F)C(F)(F)F. The molecule has 2 aliphatic rings. The highest BCUT2D eigenvalue weighted by atomic mass is 35.5. The Hall–Kier alpha value is -5.69. The summed E-state index contributed by atoms with van der Waals surface area (Å²) in [6.07, 6.45) is -8.21. The number of hydrogen-bond donors (Lipinski definition) is 2. The van der Waals surface area contributed by atoms with Crippen molar-refractivity contribution in [2.24, 2.45) is 0 Å². The molecule has 2 aliphatic heterocycles. The summed E-state index contributed by atoms with van der Waals surface area (Å²) in [5, 5.41) is 16.1. The summed E-state index contributed by atoms with van der Waals surface area (Å²) in [4.78, 5) is 45.4. The number of alkyl halides is 6. The molecule has 3 heterocycles. The molecule has 17 heteroatoms. The quantitative estimate of drug-likeness (QED) is 0.173. The van der Waals surface area contributed by atoms with E-state index >= 15 is 0 Å². The van der Waals surface area contributed by atoms with E-state index in [1.165, 1.54) is 16.8 Å². The van der Waals surface area contributed by atoms with Crippen molar-refractivity contribution in [2.75, 3.05) is 41.7 Å². The zero-order valence-corrected chi connectivity index (χ0v) is 27.0. The van der Waals surface area contributed by atoms with E-state index in [1.807, 2.05) is 23.1 Å². The monoisotopic (exact) mass is 729 g/mol. The van der Waals surface area contributed by atoms with Crippen LogP contribution in [0.25, 0.3) is 0 Å². The van der Waals surface area contributed by atoms with Gasteiger partial charge in [0.15, 0.2) is 5.82 Å². The molecule has 0 atom stereocenters. The maximum atomic E-state index is 13.0. The number of amides is 1. The molecule has 0 radical (unpaired) electrons. The fraction of sp³-hybridized carbons (Fsp3) is 0.235. The van der Waals surface area contributed by atoms with Gasteiger partial charge in [-0.05, 0) is 78.6 Å². The van der Waals surface area contributed by atoms with Gasteiger partial charge in [-0.25, -0.2) is 4.98 Å². The van der Waals surface area contributed by atoms with E-state index < -0.39 is 23.9 Å². The first kappa shape index (κ1) is 36.6. The highest BCUT2D eigenvalue weighted by Gasteiger charge is 2.54. The zero-order valence-electron chi connectivity index (χ0n) is 26.3. The Morgan fingerprint density at radius 2 is 1.45 bits per heavy atom. The summed E-state index contributed by atoms with van der Waals surface area (Å²) in [7, 11) is 0. The third-order valence-corrected chi connectivity index (χ3v) is 8.12. The van der Waals surface area contributed by atoms with Crippen LogP contribution in [-0.2, 0) is 22.4 Å². The van der Waals surface area contributed by atoms with Crippen molar-refractivity contribution in [1.29, 1.82) is 5.26 Å². The number of benzene rings is 3. The third kappa shape index (κ3) is 9.11. The van der Waals surface area contributed by atoms with Crippen LogP contribution >= 0.6 is 11.6 Å². The first-order valence-corrected chi connectivity index (χ1v) is 15.6. The maximum absolute atomic E-state index is 13.0. The molecule has 1 amide bonds. The summed E-state index contributed by atoms with van der Waals surface area (Å²) >= 11 is 6.41. The lowest BCUT2D eigenvalue weighted by molar-refractivity contribution is -0.193. The Labute approximate surface area is 291 Å². The molecule has 264 valence electrons. The number of ketones is 2. The predicted molar refractivity (Wildman–Crippen MR) is 175 cm³/mol. The maximum Gasteiger partial charge on any atom is 0.458 e. The van der Waals surface area contributed by atoms with Crippen LogP contribution in [0.4, 0.5) is 55.2 Å². The lowest BCUT2D eigenvalue weighted by atomic mass is 10.0. The van der Waals surface area contributed by atoms with E-state index in [2.05, 4.69) is 55.8 Å². The zero-order chi connectivity index (χ0) is 36.9. The molecule has 0 aliphatic carbocycles.